The molecule has 1 nitrogen and oxygen atoms in total. The van der Waals surface area contributed by atoms with Crippen LogP contribution in [0.4, 0.5) is 15.8 Å². The Morgan fingerprint density at radius 1 is 1.17 bits per heavy atom. The van der Waals surface area contributed by atoms with E-state index in [1.54, 1.807) is 12.1 Å². The summed E-state index contributed by atoms with van der Waals surface area (Å²) in [6.45, 7) is 2.06. The first kappa shape index (κ1) is 13.1. The van der Waals surface area contributed by atoms with E-state index >= 15 is 0 Å². The number of halogens is 2. The molecular formula is C15H15BrFN. The third-order valence-electron chi connectivity index (χ3n) is 3.07. The van der Waals surface area contributed by atoms with Gasteiger partial charge in [0.2, 0.25) is 0 Å². The number of alkyl halides is 1. The van der Waals surface area contributed by atoms with Gasteiger partial charge in [0.25, 0.3) is 0 Å². The summed E-state index contributed by atoms with van der Waals surface area (Å²) in [5, 5.41) is 0.836. The molecule has 0 fully saturated rings. The van der Waals surface area contributed by atoms with E-state index in [-0.39, 0.29) is 5.82 Å². The quantitative estimate of drug-likeness (QED) is 0.736. The molecule has 3 heteroatoms. The van der Waals surface area contributed by atoms with Crippen LogP contribution in [0.3, 0.4) is 0 Å². The normalized spacial score (nSPS) is 10.4. The number of aryl methyl sites for hydroxylation is 1. The van der Waals surface area contributed by atoms with Gasteiger partial charge >= 0.3 is 0 Å². The molecule has 0 aliphatic rings. The molecular weight excluding hydrogens is 293 g/mol. The Morgan fingerprint density at radius 2 is 1.89 bits per heavy atom. The Hall–Kier alpha value is -1.35. The molecule has 0 saturated carbocycles. The van der Waals surface area contributed by atoms with Crippen LogP contribution >= 0.6 is 15.9 Å². The summed E-state index contributed by atoms with van der Waals surface area (Å²) < 4.78 is 13.7. The smallest absolute Gasteiger partial charge is 0.146 e. The number of anilines is 2. The van der Waals surface area contributed by atoms with E-state index in [0.29, 0.717) is 5.69 Å². The number of para-hydroxylation sites is 1. The molecule has 0 aliphatic carbocycles. The molecule has 0 aliphatic heterocycles. The zero-order chi connectivity index (χ0) is 13.1. The molecule has 18 heavy (non-hydrogen) atoms. The molecule has 0 N–H and O–H groups in total. The monoisotopic (exact) mass is 307 g/mol. The van der Waals surface area contributed by atoms with Crippen molar-refractivity contribution >= 4 is 27.3 Å². The first-order valence-electron chi connectivity index (χ1n) is 5.77. The van der Waals surface area contributed by atoms with Gasteiger partial charge in [-0.25, -0.2) is 4.39 Å². The lowest BCUT2D eigenvalue weighted by Gasteiger charge is -2.21. The second-order valence-corrected chi connectivity index (χ2v) is 4.82. The number of hydrogen-bond acceptors (Lipinski definition) is 1. The van der Waals surface area contributed by atoms with Gasteiger partial charge < -0.3 is 4.90 Å². The molecule has 0 spiro atoms. The summed E-state index contributed by atoms with van der Waals surface area (Å²) in [5.74, 6) is -0.206. The highest BCUT2D eigenvalue weighted by atomic mass is 79.9. The first-order chi connectivity index (χ1) is 8.63. The molecule has 0 bridgehead atoms. The van der Waals surface area contributed by atoms with Gasteiger partial charge in [-0.1, -0.05) is 34.1 Å². The van der Waals surface area contributed by atoms with Gasteiger partial charge in [-0.2, -0.15) is 0 Å². The lowest BCUT2D eigenvalue weighted by molar-refractivity contribution is 0.627. The standard InChI is InChI=1S/C15H15BrFN/c1-11-9-13(8-7-12(11)10-16)18(2)15-6-4-3-5-14(15)17/h3-9H,10H2,1-2H3. The van der Waals surface area contributed by atoms with E-state index in [0.717, 1.165) is 11.0 Å². The van der Waals surface area contributed by atoms with Gasteiger partial charge in [-0.3, -0.25) is 0 Å². The molecule has 0 aromatic heterocycles. The van der Waals surface area contributed by atoms with Crippen LogP contribution in [0.15, 0.2) is 42.5 Å². The molecule has 0 heterocycles. The molecule has 0 unspecified atom stereocenters. The van der Waals surface area contributed by atoms with Crippen molar-refractivity contribution in [3.05, 3.63) is 59.4 Å². The molecule has 2 aromatic rings. The molecule has 0 amide bonds. The van der Waals surface area contributed by atoms with Gasteiger partial charge in [0.05, 0.1) is 5.69 Å². The van der Waals surface area contributed by atoms with Gasteiger partial charge in [0, 0.05) is 18.1 Å². The molecule has 94 valence electrons. The Bertz CT molecular complexity index is 554. The fourth-order valence-corrected chi connectivity index (χ4v) is 2.53. The van der Waals surface area contributed by atoms with Crippen LogP contribution in [0.1, 0.15) is 11.1 Å². The van der Waals surface area contributed by atoms with E-state index < -0.39 is 0 Å². The fraction of sp³-hybridized carbons (Fsp3) is 0.200. The molecule has 0 saturated heterocycles. The topological polar surface area (TPSA) is 3.24 Å². The van der Waals surface area contributed by atoms with Crippen molar-refractivity contribution in [2.45, 2.75) is 12.3 Å². The summed E-state index contributed by atoms with van der Waals surface area (Å²) in [6, 6.07) is 12.9. The summed E-state index contributed by atoms with van der Waals surface area (Å²) in [4.78, 5) is 1.86. The average molecular weight is 308 g/mol. The van der Waals surface area contributed by atoms with Crippen molar-refractivity contribution in [3.8, 4) is 0 Å². The Morgan fingerprint density at radius 3 is 2.50 bits per heavy atom. The average Bonchev–Trinajstić information content (AvgIpc) is 2.38. The van der Waals surface area contributed by atoms with Gasteiger partial charge in [0.15, 0.2) is 0 Å². The number of hydrogen-bond donors (Lipinski definition) is 0. The van der Waals surface area contributed by atoms with Crippen molar-refractivity contribution < 1.29 is 4.39 Å². The second kappa shape index (κ2) is 5.53. The maximum Gasteiger partial charge on any atom is 0.146 e. The van der Waals surface area contributed by atoms with Gasteiger partial charge in [-0.05, 0) is 42.3 Å². The van der Waals surface area contributed by atoms with Crippen LogP contribution in [-0.2, 0) is 5.33 Å². The lowest BCUT2D eigenvalue weighted by atomic mass is 10.1. The Kier molecular flexibility index (Phi) is 4.02. The Labute approximate surface area is 115 Å². The van der Waals surface area contributed by atoms with Crippen LogP contribution in [-0.4, -0.2) is 7.05 Å². The van der Waals surface area contributed by atoms with Crippen molar-refractivity contribution in [1.82, 2.24) is 0 Å². The Balaban J connectivity index is 2.37. The maximum absolute atomic E-state index is 13.7. The summed E-state index contributed by atoms with van der Waals surface area (Å²) in [5.41, 5.74) is 4.03. The van der Waals surface area contributed by atoms with Gasteiger partial charge in [-0.15, -0.1) is 0 Å². The predicted octanol–water partition coefficient (Wildman–Crippen LogP) is 4.80. The van der Waals surface area contributed by atoms with Crippen LogP contribution in [0.25, 0.3) is 0 Å². The highest BCUT2D eigenvalue weighted by Gasteiger charge is 2.09. The largest absolute Gasteiger partial charge is 0.342 e. The fourth-order valence-electron chi connectivity index (χ4n) is 1.90. The van der Waals surface area contributed by atoms with Crippen LogP contribution < -0.4 is 4.90 Å². The SMILES string of the molecule is Cc1cc(N(C)c2ccccc2F)ccc1CBr. The predicted molar refractivity (Wildman–Crippen MR) is 78.3 cm³/mol. The summed E-state index contributed by atoms with van der Waals surface area (Å²) in [6.07, 6.45) is 0. The van der Waals surface area contributed by atoms with Crippen molar-refractivity contribution in [2.24, 2.45) is 0 Å². The van der Waals surface area contributed by atoms with E-state index in [4.69, 9.17) is 0 Å². The number of nitrogens with zero attached hydrogens (tertiary/aromatic N) is 1. The van der Waals surface area contributed by atoms with Crippen LogP contribution in [0, 0.1) is 12.7 Å². The zero-order valence-corrected chi connectivity index (χ0v) is 12.0. The third kappa shape index (κ3) is 2.56. The highest BCUT2D eigenvalue weighted by Crippen LogP contribution is 2.27. The number of benzene rings is 2. The van der Waals surface area contributed by atoms with Gasteiger partial charge in [0.1, 0.15) is 5.82 Å². The summed E-state index contributed by atoms with van der Waals surface area (Å²) >= 11 is 3.45. The number of rotatable bonds is 3. The van der Waals surface area contributed by atoms with Crippen molar-refractivity contribution in [1.29, 1.82) is 0 Å². The minimum Gasteiger partial charge on any atom is -0.342 e. The third-order valence-corrected chi connectivity index (χ3v) is 3.68. The highest BCUT2D eigenvalue weighted by molar-refractivity contribution is 9.08. The molecule has 2 aromatic carbocycles. The minimum absolute atomic E-state index is 0.206. The zero-order valence-electron chi connectivity index (χ0n) is 10.5. The summed E-state index contributed by atoms with van der Waals surface area (Å²) in [7, 11) is 1.88. The maximum atomic E-state index is 13.7. The van der Waals surface area contributed by atoms with E-state index in [1.807, 2.05) is 24.1 Å². The van der Waals surface area contributed by atoms with Crippen molar-refractivity contribution in [3.63, 3.8) is 0 Å². The second-order valence-electron chi connectivity index (χ2n) is 4.25. The van der Waals surface area contributed by atoms with E-state index in [9.17, 15) is 4.39 Å². The molecule has 0 atom stereocenters. The first-order valence-corrected chi connectivity index (χ1v) is 6.89. The minimum atomic E-state index is -0.206. The lowest BCUT2D eigenvalue weighted by Crippen LogP contribution is -2.11. The molecule has 2 rings (SSSR count). The van der Waals surface area contributed by atoms with Crippen LogP contribution in [0.2, 0.25) is 0 Å². The van der Waals surface area contributed by atoms with Crippen LogP contribution in [0.5, 0.6) is 0 Å². The van der Waals surface area contributed by atoms with Crippen molar-refractivity contribution in [2.75, 3.05) is 11.9 Å². The molecule has 0 radical (unpaired) electrons. The van der Waals surface area contributed by atoms with E-state index in [1.165, 1.54) is 17.2 Å². The van der Waals surface area contributed by atoms with E-state index in [2.05, 4.69) is 35.0 Å².